The van der Waals surface area contributed by atoms with E-state index in [-0.39, 0.29) is 17.3 Å². The molecule has 0 radical (unpaired) electrons. The van der Waals surface area contributed by atoms with E-state index < -0.39 is 5.92 Å². The van der Waals surface area contributed by atoms with Crippen molar-refractivity contribution in [2.24, 2.45) is 5.92 Å². The summed E-state index contributed by atoms with van der Waals surface area (Å²) in [5.74, 6) is -0.363. The fourth-order valence-corrected chi connectivity index (χ4v) is 1.77. The van der Waals surface area contributed by atoms with Gasteiger partial charge in [-0.1, -0.05) is 26.0 Å². The zero-order valence-electron chi connectivity index (χ0n) is 10.3. The van der Waals surface area contributed by atoms with Gasteiger partial charge in [-0.25, -0.2) is 0 Å². The number of phenolic OH excluding ortho intramolecular Hbond substituents is 1. The smallest absolute Gasteiger partial charge is 0.143 e. The Balaban J connectivity index is 2.82. The van der Waals surface area contributed by atoms with Crippen molar-refractivity contribution in [3.05, 3.63) is 29.8 Å². The maximum atomic E-state index is 11.7. The average Bonchev–Trinajstić information content (AvgIpc) is 2.36. The van der Waals surface area contributed by atoms with Crippen LogP contribution in [0.5, 0.6) is 5.75 Å². The van der Waals surface area contributed by atoms with Crippen LogP contribution in [0.3, 0.4) is 0 Å². The molecule has 0 spiro atoms. The van der Waals surface area contributed by atoms with Crippen molar-refractivity contribution in [1.29, 1.82) is 0 Å². The van der Waals surface area contributed by atoms with Crippen LogP contribution in [-0.4, -0.2) is 16.7 Å². The standard InChI is InChI=1S/C14H18O3/c1-3-13(16)12(14(17)4-2)9-10-5-7-11(15)8-6-10/h5-8,12,15H,3-4,9H2,1-2H3. The molecule has 1 aromatic rings. The molecule has 1 aromatic carbocycles. The number of hydrogen-bond acceptors (Lipinski definition) is 3. The fraction of sp³-hybridized carbons (Fsp3) is 0.429. The average molecular weight is 234 g/mol. The van der Waals surface area contributed by atoms with E-state index in [9.17, 15) is 9.59 Å². The van der Waals surface area contributed by atoms with Crippen molar-refractivity contribution in [2.75, 3.05) is 0 Å². The largest absolute Gasteiger partial charge is 0.508 e. The number of carbonyl (C=O) groups excluding carboxylic acids is 2. The molecule has 0 saturated carbocycles. The molecule has 0 aliphatic carbocycles. The lowest BCUT2D eigenvalue weighted by atomic mass is 9.89. The molecule has 0 amide bonds. The molecule has 0 fully saturated rings. The van der Waals surface area contributed by atoms with E-state index in [0.29, 0.717) is 19.3 Å². The highest BCUT2D eigenvalue weighted by Gasteiger charge is 2.23. The lowest BCUT2D eigenvalue weighted by Gasteiger charge is -2.13. The van der Waals surface area contributed by atoms with Crippen molar-refractivity contribution in [3.63, 3.8) is 0 Å². The van der Waals surface area contributed by atoms with Crippen LogP contribution in [0.4, 0.5) is 0 Å². The minimum absolute atomic E-state index is 0.00933. The molecule has 1 rings (SSSR count). The van der Waals surface area contributed by atoms with Crippen molar-refractivity contribution < 1.29 is 14.7 Å². The van der Waals surface area contributed by atoms with Crippen LogP contribution >= 0.6 is 0 Å². The van der Waals surface area contributed by atoms with E-state index in [1.54, 1.807) is 38.1 Å². The van der Waals surface area contributed by atoms with E-state index >= 15 is 0 Å². The quantitative estimate of drug-likeness (QED) is 0.769. The van der Waals surface area contributed by atoms with Crippen molar-refractivity contribution >= 4 is 11.6 Å². The highest BCUT2D eigenvalue weighted by atomic mass is 16.3. The summed E-state index contributed by atoms with van der Waals surface area (Å²) in [5, 5.41) is 9.17. The van der Waals surface area contributed by atoms with Crippen LogP contribution in [0, 0.1) is 5.92 Å². The Bertz CT molecular complexity index is 376. The third kappa shape index (κ3) is 3.70. The molecule has 0 aliphatic heterocycles. The van der Waals surface area contributed by atoms with E-state index in [2.05, 4.69) is 0 Å². The number of Topliss-reactive ketones (excluding diaryl/α,β-unsaturated/α-hetero) is 2. The zero-order chi connectivity index (χ0) is 12.8. The first-order chi connectivity index (χ1) is 8.08. The van der Waals surface area contributed by atoms with Gasteiger partial charge >= 0.3 is 0 Å². The van der Waals surface area contributed by atoms with E-state index in [1.807, 2.05) is 0 Å². The predicted molar refractivity (Wildman–Crippen MR) is 65.9 cm³/mol. The second-order valence-corrected chi connectivity index (χ2v) is 4.06. The van der Waals surface area contributed by atoms with E-state index in [0.717, 1.165) is 5.56 Å². The molecular formula is C14H18O3. The van der Waals surface area contributed by atoms with Gasteiger partial charge < -0.3 is 5.11 Å². The highest BCUT2D eigenvalue weighted by molar-refractivity contribution is 6.02. The summed E-state index contributed by atoms with van der Waals surface area (Å²) >= 11 is 0. The molecular weight excluding hydrogens is 216 g/mol. The number of ketones is 2. The van der Waals surface area contributed by atoms with Crippen LogP contribution in [0.25, 0.3) is 0 Å². The molecule has 3 heteroatoms. The van der Waals surface area contributed by atoms with Crippen LogP contribution in [0.2, 0.25) is 0 Å². The van der Waals surface area contributed by atoms with E-state index in [1.165, 1.54) is 0 Å². The van der Waals surface area contributed by atoms with Crippen LogP contribution in [-0.2, 0) is 16.0 Å². The van der Waals surface area contributed by atoms with Gasteiger partial charge in [0.25, 0.3) is 0 Å². The number of phenols is 1. The molecule has 0 atom stereocenters. The molecule has 92 valence electrons. The summed E-state index contributed by atoms with van der Waals surface area (Å²) in [5.41, 5.74) is 0.899. The first kappa shape index (κ1) is 13.4. The minimum Gasteiger partial charge on any atom is -0.508 e. The van der Waals surface area contributed by atoms with Gasteiger partial charge in [-0.15, -0.1) is 0 Å². The molecule has 0 bridgehead atoms. The SMILES string of the molecule is CCC(=O)C(Cc1ccc(O)cc1)C(=O)CC. The lowest BCUT2D eigenvalue weighted by molar-refractivity contribution is -0.132. The van der Waals surface area contributed by atoms with Gasteiger partial charge in [-0.05, 0) is 24.1 Å². The summed E-state index contributed by atoms with van der Waals surface area (Å²) in [6, 6.07) is 6.63. The van der Waals surface area contributed by atoms with Gasteiger partial charge in [-0.2, -0.15) is 0 Å². The van der Waals surface area contributed by atoms with Crippen LogP contribution < -0.4 is 0 Å². The Morgan fingerprint density at radius 2 is 1.53 bits per heavy atom. The Hall–Kier alpha value is -1.64. The zero-order valence-corrected chi connectivity index (χ0v) is 10.3. The summed E-state index contributed by atoms with van der Waals surface area (Å²) in [6.45, 7) is 3.55. The van der Waals surface area contributed by atoms with E-state index in [4.69, 9.17) is 5.11 Å². The van der Waals surface area contributed by atoms with Gasteiger partial charge in [0.15, 0.2) is 0 Å². The third-order valence-electron chi connectivity index (χ3n) is 2.85. The second kappa shape index (κ2) is 6.18. The Morgan fingerprint density at radius 3 is 1.94 bits per heavy atom. The number of benzene rings is 1. The molecule has 3 nitrogen and oxygen atoms in total. The predicted octanol–water partition coefficient (Wildman–Crippen LogP) is 2.51. The number of hydrogen-bond donors (Lipinski definition) is 1. The monoisotopic (exact) mass is 234 g/mol. The minimum atomic E-state index is -0.533. The third-order valence-corrected chi connectivity index (χ3v) is 2.85. The molecule has 0 heterocycles. The lowest BCUT2D eigenvalue weighted by Crippen LogP contribution is -2.25. The molecule has 0 aliphatic rings. The van der Waals surface area contributed by atoms with Gasteiger partial charge in [0, 0.05) is 12.8 Å². The summed E-state index contributed by atoms with van der Waals surface area (Å²) in [6.07, 6.45) is 1.20. The molecule has 0 aromatic heterocycles. The van der Waals surface area contributed by atoms with Gasteiger partial charge in [0.05, 0.1) is 5.92 Å². The number of aromatic hydroxyl groups is 1. The molecule has 0 saturated heterocycles. The van der Waals surface area contributed by atoms with Crippen molar-refractivity contribution in [3.8, 4) is 5.75 Å². The first-order valence-electron chi connectivity index (χ1n) is 5.91. The maximum Gasteiger partial charge on any atom is 0.143 e. The van der Waals surface area contributed by atoms with Gasteiger partial charge in [-0.3, -0.25) is 9.59 Å². The first-order valence-corrected chi connectivity index (χ1v) is 5.91. The van der Waals surface area contributed by atoms with Gasteiger partial charge in [0.2, 0.25) is 0 Å². The fourth-order valence-electron chi connectivity index (χ4n) is 1.77. The number of rotatable bonds is 6. The molecule has 1 N–H and O–H groups in total. The normalized spacial score (nSPS) is 10.5. The number of carbonyl (C=O) groups is 2. The van der Waals surface area contributed by atoms with Crippen molar-refractivity contribution in [1.82, 2.24) is 0 Å². The highest BCUT2D eigenvalue weighted by Crippen LogP contribution is 2.17. The van der Waals surface area contributed by atoms with Crippen LogP contribution in [0.15, 0.2) is 24.3 Å². The topological polar surface area (TPSA) is 54.4 Å². The Kier molecular flexibility index (Phi) is 4.88. The Morgan fingerprint density at radius 1 is 1.06 bits per heavy atom. The van der Waals surface area contributed by atoms with Gasteiger partial charge in [0.1, 0.15) is 17.3 Å². The van der Waals surface area contributed by atoms with Crippen LogP contribution in [0.1, 0.15) is 32.3 Å². The summed E-state index contributed by atoms with van der Waals surface area (Å²) < 4.78 is 0. The van der Waals surface area contributed by atoms with Crippen molar-refractivity contribution in [2.45, 2.75) is 33.1 Å². The molecule has 0 unspecified atom stereocenters. The maximum absolute atomic E-state index is 11.7. The summed E-state index contributed by atoms with van der Waals surface area (Å²) in [7, 11) is 0. The summed E-state index contributed by atoms with van der Waals surface area (Å²) in [4.78, 5) is 23.4. The second-order valence-electron chi connectivity index (χ2n) is 4.06. The molecule has 17 heavy (non-hydrogen) atoms. The Labute approximate surface area is 101 Å².